The molecule has 1 nitrogen and oxygen atoms in total. The van der Waals surface area contributed by atoms with Gasteiger partial charge in [-0.25, -0.2) is 7.11 Å². The van der Waals surface area contributed by atoms with E-state index in [2.05, 4.69) is 33.9 Å². The van der Waals surface area contributed by atoms with Gasteiger partial charge in [-0.2, -0.15) is 0 Å². The van der Waals surface area contributed by atoms with Crippen molar-refractivity contribution >= 4 is 11.6 Å². The first kappa shape index (κ1) is 17.7. The smallest absolute Gasteiger partial charge is 0.0447 e. The number of hydrogen-bond donors (Lipinski definition) is 0. The van der Waals surface area contributed by atoms with Crippen molar-refractivity contribution in [2.24, 2.45) is 0 Å². The summed E-state index contributed by atoms with van der Waals surface area (Å²) in [6, 6.07) is 8.09. The van der Waals surface area contributed by atoms with Gasteiger partial charge in [0.15, 0.2) is 0 Å². The van der Waals surface area contributed by atoms with Crippen molar-refractivity contribution in [3.63, 3.8) is 0 Å². The Balaban J connectivity index is 0.00000200. The van der Waals surface area contributed by atoms with Gasteiger partial charge in [0.05, 0.1) is 0 Å². The van der Waals surface area contributed by atoms with Crippen LogP contribution in [0.4, 0.5) is 0 Å². The third-order valence-corrected chi connectivity index (χ3v) is 4.41. The van der Waals surface area contributed by atoms with E-state index in [-0.39, 0.29) is 27.0 Å². The van der Waals surface area contributed by atoms with E-state index in [9.17, 15) is 0 Å². The first-order chi connectivity index (χ1) is 9.06. The SMILES string of the molecule is [CH2-]OCC1=C(C)C(c2ccccc2Cl)C(C)=C(C)C1.[W]. The molecule has 0 fully saturated rings. The van der Waals surface area contributed by atoms with Gasteiger partial charge in [0, 0.05) is 38.6 Å². The number of hydrogen-bond acceptors (Lipinski definition) is 1. The van der Waals surface area contributed by atoms with E-state index in [1.54, 1.807) is 0 Å². The van der Waals surface area contributed by atoms with Crippen LogP contribution >= 0.6 is 11.6 Å². The van der Waals surface area contributed by atoms with E-state index in [1.807, 2.05) is 18.2 Å². The quantitative estimate of drug-likeness (QED) is 0.441. The molecule has 0 N–H and O–H groups in total. The zero-order valence-corrected chi connectivity index (χ0v) is 15.9. The number of benzene rings is 1. The second-order valence-corrected chi connectivity index (χ2v) is 5.64. The summed E-state index contributed by atoms with van der Waals surface area (Å²) < 4.78 is 5.09. The molecule has 2 rings (SSSR count). The summed E-state index contributed by atoms with van der Waals surface area (Å²) in [5, 5.41) is 0.829. The van der Waals surface area contributed by atoms with Crippen LogP contribution in [0, 0.1) is 7.11 Å². The Bertz CT molecular complexity index is 546. The van der Waals surface area contributed by atoms with Crippen LogP contribution in [0.3, 0.4) is 0 Å². The molecule has 0 amide bonds. The van der Waals surface area contributed by atoms with Gasteiger partial charge in [-0.1, -0.05) is 46.5 Å². The van der Waals surface area contributed by atoms with Gasteiger partial charge in [-0.05, 0) is 44.4 Å². The maximum atomic E-state index is 6.37. The van der Waals surface area contributed by atoms with Crippen molar-refractivity contribution in [2.75, 3.05) is 6.61 Å². The third kappa shape index (κ3) is 3.45. The normalized spacial score (nSPS) is 19.1. The van der Waals surface area contributed by atoms with E-state index in [0.717, 1.165) is 11.4 Å². The first-order valence-electron chi connectivity index (χ1n) is 6.52. The monoisotopic (exact) mass is 459 g/mol. The zero-order valence-electron chi connectivity index (χ0n) is 12.2. The van der Waals surface area contributed by atoms with Crippen LogP contribution in [-0.4, -0.2) is 6.61 Å². The van der Waals surface area contributed by atoms with Gasteiger partial charge in [-0.15, -0.1) is 0 Å². The van der Waals surface area contributed by atoms with E-state index >= 15 is 0 Å². The van der Waals surface area contributed by atoms with Crippen molar-refractivity contribution in [1.29, 1.82) is 0 Å². The van der Waals surface area contributed by atoms with Gasteiger partial charge in [-0.3, -0.25) is 0 Å². The Kier molecular flexibility index (Phi) is 6.71. The van der Waals surface area contributed by atoms with Gasteiger partial charge in [0.25, 0.3) is 0 Å². The summed E-state index contributed by atoms with van der Waals surface area (Å²) in [6.07, 6.45) is 0.980. The second-order valence-electron chi connectivity index (χ2n) is 5.23. The molecule has 0 saturated heterocycles. The van der Waals surface area contributed by atoms with E-state index in [0.29, 0.717) is 6.61 Å². The molecule has 1 aromatic rings. The number of rotatable bonds is 3. The minimum Gasteiger partial charge on any atom is -0.552 e. The maximum Gasteiger partial charge on any atom is 0.0447 e. The summed E-state index contributed by atoms with van der Waals surface area (Å²) in [6.45, 7) is 7.17. The summed E-state index contributed by atoms with van der Waals surface area (Å²) in [5.41, 5.74) is 6.66. The van der Waals surface area contributed by atoms with Crippen LogP contribution in [-0.2, 0) is 25.8 Å². The predicted molar refractivity (Wildman–Crippen MR) is 81.2 cm³/mol. The number of ether oxygens (including phenoxy) is 1. The fraction of sp³-hybridized carbons (Fsp3) is 0.353. The van der Waals surface area contributed by atoms with Gasteiger partial charge in [0.1, 0.15) is 0 Å². The molecule has 0 aliphatic heterocycles. The molecule has 0 radical (unpaired) electrons. The van der Waals surface area contributed by atoms with E-state index < -0.39 is 0 Å². The molecular weight excluding hydrogens is 439 g/mol. The summed E-state index contributed by atoms with van der Waals surface area (Å²) >= 11 is 6.37. The molecule has 0 saturated carbocycles. The summed E-state index contributed by atoms with van der Waals surface area (Å²) in [5.74, 6) is 0.271. The molecule has 108 valence electrons. The topological polar surface area (TPSA) is 9.23 Å². The van der Waals surface area contributed by atoms with Crippen molar-refractivity contribution in [1.82, 2.24) is 0 Å². The molecule has 1 aromatic carbocycles. The Labute approximate surface area is 141 Å². The molecule has 0 aromatic heterocycles. The Morgan fingerprint density at radius 3 is 2.45 bits per heavy atom. The average molecular weight is 460 g/mol. The molecule has 20 heavy (non-hydrogen) atoms. The Morgan fingerprint density at radius 2 is 1.85 bits per heavy atom. The first-order valence-corrected chi connectivity index (χ1v) is 6.90. The second kappa shape index (κ2) is 7.59. The van der Waals surface area contributed by atoms with Gasteiger partial charge < -0.3 is 4.74 Å². The van der Waals surface area contributed by atoms with E-state index in [4.69, 9.17) is 16.3 Å². The molecular formula is C17H20ClOW-. The maximum absolute atomic E-state index is 6.37. The fourth-order valence-corrected chi connectivity index (χ4v) is 3.08. The summed E-state index contributed by atoms with van der Waals surface area (Å²) in [4.78, 5) is 0. The molecule has 1 unspecified atom stereocenters. The standard InChI is InChI=1S/C17H20ClO.W/c1-11-9-14(10-19-4)13(3)17(12(11)2)15-7-5-6-8-16(15)18;/h5-8,17H,4,9-10H2,1-3H3;/q-1;. The predicted octanol–water partition coefficient (Wildman–Crippen LogP) is 5.29. The van der Waals surface area contributed by atoms with Crippen LogP contribution in [0.1, 0.15) is 38.7 Å². The van der Waals surface area contributed by atoms with Crippen LogP contribution < -0.4 is 0 Å². The van der Waals surface area contributed by atoms with Crippen molar-refractivity contribution in [2.45, 2.75) is 33.1 Å². The van der Waals surface area contributed by atoms with Gasteiger partial charge >= 0.3 is 0 Å². The molecule has 3 heteroatoms. The van der Waals surface area contributed by atoms with E-state index in [1.165, 1.54) is 27.9 Å². The van der Waals surface area contributed by atoms with Crippen molar-refractivity contribution in [3.05, 3.63) is 64.3 Å². The van der Waals surface area contributed by atoms with Crippen LogP contribution in [0.5, 0.6) is 0 Å². The fourth-order valence-electron chi connectivity index (χ4n) is 2.84. The zero-order chi connectivity index (χ0) is 14.0. The van der Waals surface area contributed by atoms with Crippen LogP contribution in [0.2, 0.25) is 5.02 Å². The van der Waals surface area contributed by atoms with Crippen molar-refractivity contribution in [3.8, 4) is 0 Å². The molecule has 0 bridgehead atoms. The summed E-state index contributed by atoms with van der Waals surface area (Å²) in [7, 11) is 3.50. The van der Waals surface area contributed by atoms with Crippen molar-refractivity contribution < 1.29 is 25.8 Å². The Morgan fingerprint density at radius 1 is 1.20 bits per heavy atom. The van der Waals surface area contributed by atoms with Crippen LogP contribution in [0.25, 0.3) is 0 Å². The number of allylic oxidation sites excluding steroid dienone is 3. The molecule has 1 aliphatic rings. The molecule has 1 aliphatic carbocycles. The third-order valence-electron chi connectivity index (χ3n) is 4.07. The average Bonchev–Trinajstić information content (AvgIpc) is 2.38. The molecule has 0 heterocycles. The number of halogens is 1. The largest absolute Gasteiger partial charge is 0.552 e. The molecule has 0 spiro atoms. The molecule has 1 atom stereocenters. The minimum atomic E-state index is 0. The van der Waals surface area contributed by atoms with Crippen LogP contribution in [0.15, 0.2) is 46.6 Å². The minimum absolute atomic E-state index is 0. The Hall–Kier alpha value is -0.362. The van der Waals surface area contributed by atoms with Gasteiger partial charge in [0.2, 0.25) is 0 Å².